The maximum Gasteiger partial charge on any atom is 0.356 e. The molecule has 1 heterocycles. The molecule has 0 spiro atoms. The van der Waals surface area contributed by atoms with Crippen molar-refractivity contribution >= 4 is 11.9 Å². The molecular weight excluding hydrogens is 306 g/mol. The Balaban J connectivity index is 2.59. The Hall–Kier alpha value is -3.16. The second-order valence-electron chi connectivity index (χ2n) is 4.68. The van der Waals surface area contributed by atoms with Crippen LogP contribution in [0.1, 0.15) is 34.3 Å². The lowest BCUT2D eigenvalue weighted by Crippen LogP contribution is -2.12. The quantitative estimate of drug-likeness (QED) is 0.641. The fourth-order valence-electron chi connectivity index (χ4n) is 2.11. The topological polar surface area (TPSA) is 129 Å². The minimum absolute atomic E-state index is 0.152. The summed E-state index contributed by atoms with van der Waals surface area (Å²) in [5, 5.41) is 37.8. The molecule has 0 aliphatic carbocycles. The van der Waals surface area contributed by atoms with Gasteiger partial charge in [0.25, 0.3) is 0 Å². The fraction of sp³-hybridized carbons (Fsp3) is 0.200. The van der Waals surface area contributed by atoms with E-state index < -0.39 is 34.8 Å². The van der Waals surface area contributed by atoms with Crippen LogP contribution in [0.2, 0.25) is 0 Å². The largest absolute Gasteiger partial charge is 0.503 e. The molecule has 0 aliphatic rings. The van der Waals surface area contributed by atoms with E-state index in [-0.39, 0.29) is 5.69 Å². The Morgan fingerprint density at radius 1 is 1.00 bits per heavy atom. The van der Waals surface area contributed by atoms with Crippen molar-refractivity contribution in [2.75, 3.05) is 6.61 Å². The molecule has 0 fully saturated rings. The summed E-state index contributed by atoms with van der Waals surface area (Å²) in [6, 6.07) is 5.94. The number of carboxylic acid groups (broad SMARTS) is 2. The average Bonchev–Trinajstić information content (AvgIpc) is 2.78. The maximum absolute atomic E-state index is 11.3. The molecule has 23 heavy (non-hydrogen) atoms. The van der Waals surface area contributed by atoms with Gasteiger partial charge in [-0.25, -0.2) is 9.59 Å². The van der Waals surface area contributed by atoms with E-state index in [0.717, 1.165) is 11.0 Å². The van der Waals surface area contributed by atoms with Gasteiger partial charge in [-0.15, -0.1) is 0 Å². The van der Waals surface area contributed by atoms with Crippen molar-refractivity contribution in [3.8, 4) is 22.9 Å². The van der Waals surface area contributed by atoms with Gasteiger partial charge in [-0.3, -0.25) is 4.57 Å². The SMILES string of the molecule is CCCOc1ccc(-n2c(C(=O)O)c(O)c(O)c2C(=O)O)cc1. The standard InChI is InChI=1S/C15H15NO7/c1-2-7-23-9-5-3-8(4-6-9)16-10(14(19)20)12(17)13(18)11(16)15(21)22/h3-6,17-18H,2,7H2,1H3,(H,19,20)(H,21,22). The highest BCUT2D eigenvalue weighted by Gasteiger charge is 2.31. The Labute approximate surface area is 130 Å². The summed E-state index contributed by atoms with van der Waals surface area (Å²) in [4.78, 5) is 22.6. The zero-order valence-electron chi connectivity index (χ0n) is 12.2. The highest BCUT2D eigenvalue weighted by molar-refractivity contribution is 5.99. The lowest BCUT2D eigenvalue weighted by molar-refractivity contribution is 0.0681. The number of ether oxygens (including phenoxy) is 1. The van der Waals surface area contributed by atoms with Crippen LogP contribution in [0.5, 0.6) is 17.2 Å². The number of aromatic nitrogens is 1. The van der Waals surface area contributed by atoms with E-state index in [4.69, 9.17) is 4.74 Å². The van der Waals surface area contributed by atoms with E-state index in [1.54, 1.807) is 0 Å². The van der Waals surface area contributed by atoms with Crippen LogP contribution in [0.3, 0.4) is 0 Å². The summed E-state index contributed by atoms with van der Waals surface area (Å²) in [5.41, 5.74) is -1.32. The number of rotatable bonds is 6. The van der Waals surface area contributed by atoms with Crippen LogP contribution in [-0.4, -0.2) is 43.5 Å². The zero-order valence-corrected chi connectivity index (χ0v) is 12.2. The van der Waals surface area contributed by atoms with Gasteiger partial charge < -0.3 is 25.2 Å². The molecule has 0 atom stereocenters. The molecule has 0 radical (unpaired) electrons. The predicted molar refractivity (Wildman–Crippen MR) is 78.8 cm³/mol. The zero-order chi connectivity index (χ0) is 17.1. The predicted octanol–water partition coefficient (Wildman–Crippen LogP) is 2.07. The van der Waals surface area contributed by atoms with Gasteiger partial charge in [0.05, 0.1) is 6.61 Å². The Kier molecular flexibility index (Phi) is 4.44. The molecule has 2 aromatic rings. The van der Waals surface area contributed by atoms with Gasteiger partial charge >= 0.3 is 11.9 Å². The summed E-state index contributed by atoms with van der Waals surface area (Å²) in [6.45, 7) is 2.45. The maximum atomic E-state index is 11.3. The van der Waals surface area contributed by atoms with Crippen molar-refractivity contribution in [3.05, 3.63) is 35.7 Å². The molecule has 8 nitrogen and oxygen atoms in total. The molecule has 0 unspecified atom stereocenters. The molecule has 0 aliphatic heterocycles. The molecule has 1 aromatic carbocycles. The molecule has 0 amide bonds. The van der Waals surface area contributed by atoms with E-state index in [2.05, 4.69) is 0 Å². The van der Waals surface area contributed by atoms with Gasteiger partial charge in [-0.05, 0) is 30.7 Å². The number of carbonyl (C=O) groups is 2. The van der Waals surface area contributed by atoms with Gasteiger partial charge in [-0.2, -0.15) is 0 Å². The van der Waals surface area contributed by atoms with Gasteiger partial charge in [0.2, 0.25) is 0 Å². The summed E-state index contributed by atoms with van der Waals surface area (Å²) in [5.74, 6) is -4.61. The Morgan fingerprint density at radius 3 is 1.87 bits per heavy atom. The minimum atomic E-state index is -1.57. The third kappa shape index (κ3) is 2.91. The number of carboxylic acids is 2. The van der Waals surface area contributed by atoms with Crippen LogP contribution in [0.25, 0.3) is 5.69 Å². The Morgan fingerprint density at radius 2 is 1.48 bits per heavy atom. The van der Waals surface area contributed by atoms with Crippen molar-refractivity contribution in [1.29, 1.82) is 0 Å². The molecule has 0 bridgehead atoms. The summed E-state index contributed by atoms with van der Waals surface area (Å²) in [6.07, 6.45) is 0.813. The number of nitrogens with zero attached hydrogens (tertiary/aromatic N) is 1. The van der Waals surface area contributed by atoms with Crippen molar-refractivity contribution in [3.63, 3.8) is 0 Å². The number of hydrogen-bond donors (Lipinski definition) is 4. The van der Waals surface area contributed by atoms with Gasteiger partial charge in [-0.1, -0.05) is 6.92 Å². The molecule has 8 heteroatoms. The van der Waals surface area contributed by atoms with Crippen LogP contribution in [-0.2, 0) is 0 Å². The first-order valence-corrected chi connectivity index (χ1v) is 6.74. The van der Waals surface area contributed by atoms with Gasteiger partial charge in [0.15, 0.2) is 22.9 Å². The van der Waals surface area contributed by atoms with Gasteiger partial charge in [0, 0.05) is 5.69 Å². The lowest BCUT2D eigenvalue weighted by atomic mass is 10.2. The molecule has 2 rings (SSSR count). The molecular formula is C15H15NO7. The second kappa shape index (κ2) is 6.30. The smallest absolute Gasteiger partial charge is 0.356 e. The lowest BCUT2D eigenvalue weighted by Gasteiger charge is -2.10. The van der Waals surface area contributed by atoms with Crippen molar-refractivity contribution in [1.82, 2.24) is 4.57 Å². The van der Waals surface area contributed by atoms with Crippen molar-refractivity contribution in [2.45, 2.75) is 13.3 Å². The first kappa shape index (κ1) is 16.2. The number of aromatic carboxylic acids is 2. The van der Waals surface area contributed by atoms with Crippen LogP contribution >= 0.6 is 0 Å². The summed E-state index contributed by atoms with van der Waals surface area (Å²) in [7, 11) is 0. The van der Waals surface area contributed by atoms with E-state index in [9.17, 15) is 30.0 Å². The van der Waals surface area contributed by atoms with Crippen LogP contribution in [0.4, 0.5) is 0 Å². The van der Waals surface area contributed by atoms with Crippen molar-refractivity contribution in [2.24, 2.45) is 0 Å². The van der Waals surface area contributed by atoms with Crippen LogP contribution in [0.15, 0.2) is 24.3 Å². The Bertz CT molecular complexity index is 709. The number of aromatic hydroxyl groups is 2. The summed E-state index contributed by atoms with van der Waals surface area (Å²) < 4.78 is 6.15. The van der Waals surface area contributed by atoms with E-state index in [0.29, 0.717) is 12.4 Å². The van der Waals surface area contributed by atoms with E-state index in [1.807, 2.05) is 6.92 Å². The normalized spacial score (nSPS) is 10.5. The molecule has 0 saturated carbocycles. The number of benzene rings is 1. The van der Waals surface area contributed by atoms with Crippen LogP contribution in [0, 0.1) is 0 Å². The third-order valence-electron chi connectivity index (χ3n) is 3.09. The molecule has 122 valence electrons. The van der Waals surface area contributed by atoms with Gasteiger partial charge in [0.1, 0.15) is 5.75 Å². The first-order valence-electron chi connectivity index (χ1n) is 6.74. The van der Waals surface area contributed by atoms with E-state index >= 15 is 0 Å². The highest BCUT2D eigenvalue weighted by Crippen LogP contribution is 2.38. The first-order chi connectivity index (χ1) is 10.9. The molecule has 1 aromatic heterocycles. The van der Waals surface area contributed by atoms with Crippen LogP contribution < -0.4 is 4.74 Å². The van der Waals surface area contributed by atoms with E-state index in [1.165, 1.54) is 24.3 Å². The monoisotopic (exact) mass is 321 g/mol. The number of hydrogen-bond acceptors (Lipinski definition) is 5. The molecule has 4 N–H and O–H groups in total. The summed E-state index contributed by atoms with van der Waals surface area (Å²) >= 11 is 0. The minimum Gasteiger partial charge on any atom is -0.503 e. The second-order valence-corrected chi connectivity index (χ2v) is 4.68. The molecule has 0 saturated heterocycles. The third-order valence-corrected chi connectivity index (χ3v) is 3.09. The fourth-order valence-corrected chi connectivity index (χ4v) is 2.11. The highest BCUT2D eigenvalue weighted by atomic mass is 16.5. The average molecular weight is 321 g/mol. The van der Waals surface area contributed by atoms with Crippen molar-refractivity contribution < 1.29 is 34.8 Å².